The highest BCUT2D eigenvalue weighted by Crippen LogP contribution is 2.25. The number of rotatable bonds is 2. The van der Waals surface area contributed by atoms with Gasteiger partial charge in [0, 0.05) is 29.1 Å². The van der Waals surface area contributed by atoms with Crippen LogP contribution < -0.4 is 0 Å². The molecule has 0 aliphatic rings. The maximum absolute atomic E-state index is 13.5. The fourth-order valence-electron chi connectivity index (χ4n) is 1.68. The first-order valence-corrected chi connectivity index (χ1v) is 5.14. The lowest BCUT2D eigenvalue weighted by Crippen LogP contribution is -2.05. The second-order valence-electron chi connectivity index (χ2n) is 3.75. The van der Waals surface area contributed by atoms with Gasteiger partial charge in [-0.3, -0.25) is 4.98 Å². The summed E-state index contributed by atoms with van der Waals surface area (Å²) in [5.41, 5.74) is 1.17. The second-order valence-corrected chi connectivity index (χ2v) is 3.75. The molecule has 0 spiro atoms. The Kier molecular flexibility index (Phi) is 3.15. The average Bonchev–Trinajstić information content (AvgIpc) is 2.29. The number of benzene rings is 1. The van der Waals surface area contributed by atoms with Crippen LogP contribution in [0.5, 0.6) is 0 Å². The van der Waals surface area contributed by atoms with Crippen molar-refractivity contribution >= 4 is 0 Å². The molecule has 1 aromatic carbocycles. The van der Waals surface area contributed by atoms with E-state index in [1.165, 1.54) is 6.07 Å². The highest BCUT2D eigenvalue weighted by atomic mass is 19.1. The van der Waals surface area contributed by atoms with Crippen LogP contribution in [0, 0.1) is 18.6 Å². The Hall–Kier alpha value is -1.81. The van der Waals surface area contributed by atoms with Gasteiger partial charge in [0.2, 0.25) is 0 Å². The molecule has 88 valence electrons. The molecule has 1 atom stereocenters. The van der Waals surface area contributed by atoms with Crippen molar-refractivity contribution in [3.05, 3.63) is 65.0 Å². The standard InChI is InChI=1S/C13H11F2NO/c1-8-10(3-2-6-16-8)13(17)11-5-4-9(14)7-12(11)15/h2-7,13,17H,1H3. The van der Waals surface area contributed by atoms with Crippen molar-refractivity contribution in [1.29, 1.82) is 0 Å². The number of aliphatic hydroxyl groups is 1. The summed E-state index contributed by atoms with van der Waals surface area (Å²) in [7, 11) is 0. The van der Waals surface area contributed by atoms with Gasteiger partial charge in [0.05, 0.1) is 0 Å². The van der Waals surface area contributed by atoms with Gasteiger partial charge in [-0.15, -0.1) is 0 Å². The lowest BCUT2D eigenvalue weighted by Gasteiger charge is -2.14. The van der Waals surface area contributed by atoms with E-state index in [1.807, 2.05) is 0 Å². The summed E-state index contributed by atoms with van der Waals surface area (Å²) < 4.78 is 26.3. The van der Waals surface area contributed by atoms with Gasteiger partial charge in [-0.2, -0.15) is 0 Å². The van der Waals surface area contributed by atoms with Crippen LogP contribution in [0.25, 0.3) is 0 Å². The molecule has 2 nitrogen and oxygen atoms in total. The van der Waals surface area contributed by atoms with Crippen LogP contribution in [0.2, 0.25) is 0 Å². The van der Waals surface area contributed by atoms with E-state index in [9.17, 15) is 13.9 Å². The minimum atomic E-state index is -1.13. The Labute approximate surface area is 97.6 Å². The van der Waals surface area contributed by atoms with Gasteiger partial charge in [-0.05, 0) is 19.1 Å². The Bertz CT molecular complexity index is 543. The molecule has 1 unspecified atom stereocenters. The first kappa shape index (κ1) is 11.7. The van der Waals surface area contributed by atoms with Crippen LogP contribution >= 0.6 is 0 Å². The van der Waals surface area contributed by atoms with Crippen molar-refractivity contribution in [2.45, 2.75) is 13.0 Å². The number of halogens is 2. The SMILES string of the molecule is Cc1ncccc1C(O)c1ccc(F)cc1F. The number of aliphatic hydroxyl groups excluding tert-OH is 1. The van der Waals surface area contributed by atoms with E-state index in [2.05, 4.69) is 4.98 Å². The molecule has 0 bridgehead atoms. The number of hydrogen-bond acceptors (Lipinski definition) is 2. The zero-order chi connectivity index (χ0) is 12.4. The van der Waals surface area contributed by atoms with Crippen molar-refractivity contribution in [3.63, 3.8) is 0 Å². The summed E-state index contributed by atoms with van der Waals surface area (Å²) >= 11 is 0. The van der Waals surface area contributed by atoms with Crippen LogP contribution in [-0.2, 0) is 0 Å². The van der Waals surface area contributed by atoms with Crippen molar-refractivity contribution in [1.82, 2.24) is 4.98 Å². The van der Waals surface area contributed by atoms with Gasteiger partial charge in [-0.1, -0.05) is 12.1 Å². The minimum absolute atomic E-state index is 0.0440. The molecule has 1 N–H and O–H groups in total. The van der Waals surface area contributed by atoms with E-state index >= 15 is 0 Å². The average molecular weight is 235 g/mol. The summed E-state index contributed by atoms with van der Waals surface area (Å²) in [5, 5.41) is 10.0. The maximum Gasteiger partial charge on any atom is 0.132 e. The van der Waals surface area contributed by atoms with Crippen LogP contribution in [0.1, 0.15) is 22.9 Å². The zero-order valence-corrected chi connectivity index (χ0v) is 9.19. The van der Waals surface area contributed by atoms with Gasteiger partial charge in [0.1, 0.15) is 17.7 Å². The van der Waals surface area contributed by atoms with Crippen LogP contribution in [0.3, 0.4) is 0 Å². The first-order chi connectivity index (χ1) is 8.09. The third kappa shape index (κ3) is 2.31. The Morgan fingerprint density at radius 1 is 1.18 bits per heavy atom. The fraction of sp³-hybridized carbons (Fsp3) is 0.154. The van der Waals surface area contributed by atoms with E-state index in [4.69, 9.17) is 0 Å². The molecule has 1 aromatic heterocycles. The number of pyridine rings is 1. The molecular weight excluding hydrogens is 224 g/mol. The number of hydrogen-bond donors (Lipinski definition) is 1. The smallest absolute Gasteiger partial charge is 0.132 e. The number of nitrogens with zero attached hydrogens (tertiary/aromatic N) is 1. The molecule has 0 aliphatic heterocycles. The molecule has 0 saturated carbocycles. The second kappa shape index (κ2) is 4.59. The summed E-state index contributed by atoms with van der Waals surface area (Å²) in [6.45, 7) is 1.72. The molecule has 0 saturated heterocycles. The fourth-order valence-corrected chi connectivity index (χ4v) is 1.68. The lowest BCUT2D eigenvalue weighted by molar-refractivity contribution is 0.213. The monoisotopic (exact) mass is 235 g/mol. The molecule has 17 heavy (non-hydrogen) atoms. The highest BCUT2D eigenvalue weighted by molar-refractivity contribution is 5.32. The van der Waals surface area contributed by atoms with E-state index in [0.29, 0.717) is 11.3 Å². The van der Waals surface area contributed by atoms with Gasteiger partial charge >= 0.3 is 0 Å². The molecule has 4 heteroatoms. The van der Waals surface area contributed by atoms with Crippen LogP contribution in [0.4, 0.5) is 8.78 Å². The molecule has 0 radical (unpaired) electrons. The normalized spacial score (nSPS) is 12.5. The predicted octanol–water partition coefficient (Wildman–Crippen LogP) is 2.75. The van der Waals surface area contributed by atoms with Crippen LogP contribution in [0.15, 0.2) is 36.5 Å². The van der Waals surface area contributed by atoms with Crippen molar-refractivity contribution < 1.29 is 13.9 Å². The molecule has 0 aliphatic carbocycles. The lowest BCUT2D eigenvalue weighted by atomic mass is 10.00. The molecule has 2 rings (SSSR count). The van der Waals surface area contributed by atoms with Gasteiger partial charge in [0.25, 0.3) is 0 Å². The van der Waals surface area contributed by atoms with E-state index in [0.717, 1.165) is 12.1 Å². The number of aromatic nitrogens is 1. The zero-order valence-electron chi connectivity index (χ0n) is 9.19. The summed E-state index contributed by atoms with van der Waals surface area (Å²) in [5.74, 6) is -1.43. The van der Waals surface area contributed by atoms with E-state index < -0.39 is 17.7 Å². The van der Waals surface area contributed by atoms with Crippen molar-refractivity contribution in [2.24, 2.45) is 0 Å². The third-order valence-electron chi connectivity index (χ3n) is 2.60. The molecule has 0 amide bonds. The van der Waals surface area contributed by atoms with Gasteiger partial charge < -0.3 is 5.11 Å². The quantitative estimate of drug-likeness (QED) is 0.868. The van der Waals surface area contributed by atoms with Crippen molar-refractivity contribution in [3.8, 4) is 0 Å². The largest absolute Gasteiger partial charge is 0.383 e. The summed E-state index contributed by atoms with van der Waals surface area (Å²) in [4.78, 5) is 4.02. The van der Waals surface area contributed by atoms with Gasteiger partial charge in [0.15, 0.2) is 0 Å². The topological polar surface area (TPSA) is 33.1 Å². The molecular formula is C13H11F2NO. The highest BCUT2D eigenvalue weighted by Gasteiger charge is 2.17. The molecule has 2 aromatic rings. The maximum atomic E-state index is 13.5. The molecule has 1 heterocycles. The van der Waals surface area contributed by atoms with Crippen LogP contribution in [-0.4, -0.2) is 10.1 Å². The summed E-state index contributed by atoms with van der Waals surface area (Å²) in [6, 6.07) is 6.43. The van der Waals surface area contributed by atoms with Gasteiger partial charge in [-0.25, -0.2) is 8.78 Å². The first-order valence-electron chi connectivity index (χ1n) is 5.14. The van der Waals surface area contributed by atoms with Crippen molar-refractivity contribution in [2.75, 3.05) is 0 Å². The van der Waals surface area contributed by atoms with E-state index in [-0.39, 0.29) is 5.56 Å². The van der Waals surface area contributed by atoms with E-state index in [1.54, 1.807) is 25.3 Å². The molecule has 0 fully saturated rings. The Balaban J connectivity index is 2.44. The third-order valence-corrected chi connectivity index (χ3v) is 2.60. The Morgan fingerprint density at radius 2 is 1.94 bits per heavy atom. The minimum Gasteiger partial charge on any atom is -0.383 e. The predicted molar refractivity (Wildman–Crippen MR) is 59.4 cm³/mol. The Morgan fingerprint density at radius 3 is 2.59 bits per heavy atom. The number of aryl methyl sites for hydroxylation is 1. The summed E-state index contributed by atoms with van der Waals surface area (Å²) in [6.07, 6.45) is 0.455.